The number of carbonyl (C=O) groups is 1. The van der Waals surface area contributed by atoms with Crippen molar-refractivity contribution in [1.29, 1.82) is 5.41 Å². The first-order chi connectivity index (χ1) is 33.2. The van der Waals surface area contributed by atoms with E-state index in [0.29, 0.717) is 65.3 Å². The van der Waals surface area contributed by atoms with E-state index < -0.39 is 0 Å². The number of nitrogens with one attached hydrogen (secondary N) is 3. The number of morpholine rings is 1. The molecule has 69 heavy (non-hydrogen) atoms. The Hall–Kier alpha value is -7.05. The van der Waals surface area contributed by atoms with Gasteiger partial charge in [-0.1, -0.05) is 72.9 Å². The van der Waals surface area contributed by atoms with Crippen LogP contribution in [0.2, 0.25) is 0 Å². The number of allylic oxidation sites excluding steroid dienone is 1. The van der Waals surface area contributed by atoms with Gasteiger partial charge in [-0.3, -0.25) is 24.4 Å². The second kappa shape index (κ2) is 26.5. The molecule has 1 aliphatic rings. The third-order valence-corrected chi connectivity index (χ3v) is 11.7. The zero-order valence-electron chi connectivity index (χ0n) is 40.7. The van der Waals surface area contributed by atoms with E-state index in [1.807, 2.05) is 69.5 Å². The van der Waals surface area contributed by atoms with Crippen molar-refractivity contribution in [3.05, 3.63) is 166 Å². The standard InChI is InChI=1S/C24H30N6O3.C13H19N5O.C12H10S.C3H5N/c1-16(26-22-20-19(6-5-11-25-20)24(32)29(4)27-22)21(28(2)3)17-7-9-18(10-8-17)23(31)30-12-14-33-15-13-30;1-9(8-17(2)3)15-12-11-10(6-5-7-14-11)13(19)18(4)16-12;1-3-7-11(8-4-1)13-12-9-5-2-6-10-12;1-2-3-4/h5-11,16,21H,12-15H2,1-4H3,(H,26,27);5-7,9H,8H2,1-4H3,(H,15,16);1-10H;2-4H,1H2/t16-,21?;;;/m0.../s1. The molecular weight excluding hydrogens is 889 g/mol. The quantitative estimate of drug-likeness (QED) is 0.0986. The summed E-state index contributed by atoms with van der Waals surface area (Å²) in [7, 11) is 11.3. The highest BCUT2D eigenvalue weighted by molar-refractivity contribution is 7.99. The van der Waals surface area contributed by atoms with Crippen molar-refractivity contribution in [2.75, 3.05) is 71.7 Å². The molecule has 16 nitrogen and oxygen atoms in total. The summed E-state index contributed by atoms with van der Waals surface area (Å²) in [5, 5.41) is 22.8. The first-order valence-electron chi connectivity index (χ1n) is 22.6. The van der Waals surface area contributed by atoms with Crippen molar-refractivity contribution in [3.63, 3.8) is 0 Å². The van der Waals surface area contributed by atoms with E-state index >= 15 is 0 Å². The molecule has 1 amide bonds. The Morgan fingerprint density at radius 1 is 0.754 bits per heavy atom. The number of ether oxygens (including phenoxy) is 1. The van der Waals surface area contributed by atoms with Gasteiger partial charge in [0.15, 0.2) is 11.6 Å². The van der Waals surface area contributed by atoms with E-state index in [1.54, 1.807) is 62.5 Å². The highest BCUT2D eigenvalue weighted by Gasteiger charge is 2.25. The monoisotopic (exact) mass is 952 g/mol. The lowest BCUT2D eigenvalue weighted by molar-refractivity contribution is 0.0303. The molecule has 1 aliphatic heterocycles. The van der Waals surface area contributed by atoms with Crippen LogP contribution in [-0.4, -0.2) is 129 Å². The molecule has 17 heteroatoms. The summed E-state index contributed by atoms with van der Waals surface area (Å²) in [6.45, 7) is 10.7. The Morgan fingerprint density at radius 2 is 1.23 bits per heavy atom. The Morgan fingerprint density at radius 3 is 1.68 bits per heavy atom. The van der Waals surface area contributed by atoms with Gasteiger partial charge < -0.3 is 35.5 Å². The first kappa shape index (κ1) is 52.9. The highest BCUT2D eigenvalue weighted by Crippen LogP contribution is 2.28. The van der Waals surface area contributed by atoms with Crippen molar-refractivity contribution < 1.29 is 9.53 Å². The smallest absolute Gasteiger partial charge is 0.276 e. The van der Waals surface area contributed by atoms with Crippen molar-refractivity contribution >= 4 is 57.3 Å². The molecule has 362 valence electrons. The fourth-order valence-electron chi connectivity index (χ4n) is 7.60. The number of amides is 1. The number of nitrogens with zero attached hydrogens (tertiary/aromatic N) is 9. The van der Waals surface area contributed by atoms with Gasteiger partial charge in [-0.25, -0.2) is 9.36 Å². The van der Waals surface area contributed by atoms with E-state index in [0.717, 1.165) is 18.3 Å². The van der Waals surface area contributed by atoms with Crippen LogP contribution in [0.25, 0.3) is 21.8 Å². The maximum absolute atomic E-state index is 12.8. The van der Waals surface area contributed by atoms with Gasteiger partial charge in [0.25, 0.3) is 17.0 Å². The number of carbonyl (C=O) groups excluding carboxylic acids is 1. The molecule has 0 aliphatic carbocycles. The molecule has 1 fully saturated rings. The van der Waals surface area contributed by atoms with Gasteiger partial charge in [0, 0.05) is 79.8 Å². The average molecular weight is 953 g/mol. The molecule has 8 rings (SSSR count). The molecule has 0 radical (unpaired) electrons. The lowest BCUT2D eigenvalue weighted by Gasteiger charge is -2.32. The number of benzene rings is 3. The van der Waals surface area contributed by atoms with Crippen molar-refractivity contribution in [1.82, 2.24) is 44.2 Å². The van der Waals surface area contributed by atoms with Crippen LogP contribution in [0.1, 0.15) is 35.8 Å². The van der Waals surface area contributed by atoms with E-state index in [1.165, 1.54) is 25.2 Å². The van der Waals surface area contributed by atoms with Crippen molar-refractivity contribution in [3.8, 4) is 0 Å². The van der Waals surface area contributed by atoms with Crippen LogP contribution >= 0.6 is 11.8 Å². The summed E-state index contributed by atoms with van der Waals surface area (Å²) in [4.78, 5) is 54.4. The zero-order valence-corrected chi connectivity index (χ0v) is 41.6. The summed E-state index contributed by atoms with van der Waals surface area (Å²) in [5.74, 6) is 1.24. The van der Waals surface area contributed by atoms with Gasteiger partial charge in [-0.15, -0.1) is 0 Å². The molecule has 4 aromatic heterocycles. The number of pyridine rings is 2. The van der Waals surface area contributed by atoms with Gasteiger partial charge in [-0.2, -0.15) is 10.2 Å². The molecule has 0 saturated carbocycles. The Balaban J connectivity index is 0.000000206. The summed E-state index contributed by atoms with van der Waals surface area (Å²) in [6, 6.07) is 35.8. The normalized spacial score (nSPS) is 13.4. The van der Waals surface area contributed by atoms with Crippen LogP contribution in [0.4, 0.5) is 11.6 Å². The zero-order chi connectivity index (χ0) is 49.9. The number of hydrogen-bond donors (Lipinski definition) is 3. The highest BCUT2D eigenvalue weighted by atomic mass is 32.2. The van der Waals surface area contributed by atoms with E-state index in [2.05, 4.69) is 110 Å². The van der Waals surface area contributed by atoms with Crippen LogP contribution in [0, 0.1) is 5.41 Å². The minimum atomic E-state index is -0.180. The molecule has 3 aromatic carbocycles. The van der Waals surface area contributed by atoms with Crippen LogP contribution < -0.4 is 21.8 Å². The van der Waals surface area contributed by atoms with E-state index in [9.17, 15) is 14.4 Å². The molecule has 3 N–H and O–H groups in total. The molecule has 1 saturated heterocycles. The maximum atomic E-state index is 12.8. The van der Waals surface area contributed by atoms with Gasteiger partial charge in [-0.05, 0) is 108 Å². The maximum Gasteiger partial charge on any atom is 0.276 e. The number of aryl methyl sites for hydroxylation is 2. The Kier molecular flexibility index (Phi) is 20.3. The lowest BCUT2D eigenvalue weighted by atomic mass is 9.97. The average Bonchev–Trinajstić information content (AvgIpc) is 3.36. The van der Waals surface area contributed by atoms with Crippen LogP contribution in [0.15, 0.2) is 154 Å². The minimum absolute atomic E-state index is 0.00432. The van der Waals surface area contributed by atoms with Crippen molar-refractivity contribution in [2.24, 2.45) is 14.1 Å². The lowest BCUT2D eigenvalue weighted by Crippen LogP contribution is -2.40. The van der Waals surface area contributed by atoms with E-state index in [4.69, 9.17) is 10.1 Å². The Bertz CT molecular complexity index is 2810. The number of aromatic nitrogens is 6. The summed E-state index contributed by atoms with van der Waals surface area (Å²) < 4.78 is 8.01. The SMILES string of the molecule is C=CC=N.CC(CN(C)C)Nc1nn(C)c(=O)c2cccnc12.C[C@H](Nc1nn(C)c(=O)c2cccnc12)C(c1ccc(C(=O)N2CCOCC2)cc1)N(C)C.c1ccc(Sc2ccccc2)cc1. The van der Waals surface area contributed by atoms with Gasteiger partial charge in [0.1, 0.15) is 11.0 Å². The molecule has 0 spiro atoms. The van der Waals surface area contributed by atoms with Gasteiger partial charge >= 0.3 is 0 Å². The first-order valence-corrected chi connectivity index (χ1v) is 23.4. The largest absolute Gasteiger partial charge is 0.378 e. The second-order valence-corrected chi connectivity index (χ2v) is 17.8. The molecule has 7 aromatic rings. The van der Waals surface area contributed by atoms with Crippen LogP contribution in [0.5, 0.6) is 0 Å². The number of anilines is 2. The van der Waals surface area contributed by atoms with Crippen LogP contribution in [0.3, 0.4) is 0 Å². The topological polar surface area (TPSA) is 179 Å². The van der Waals surface area contributed by atoms with E-state index in [-0.39, 0.29) is 35.2 Å². The summed E-state index contributed by atoms with van der Waals surface area (Å²) >= 11 is 1.79. The third kappa shape index (κ3) is 15.2. The molecular formula is C52H64N12O4S. The molecule has 0 bridgehead atoms. The molecule has 2 unspecified atom stereocenters. The van der Waals surface area contributed by atoms with Gasteiger partial charge in [0.05, 0.1) is 30.0 Å². The fraction of sp³-hybridized carbons (Fsp3) is 0.308. The Labute approximate surface area is 408 Å². The fourth-order valence-corrected chi connectivity index (χ4v) is 8.46. The predicted molar refractivity (Wildman–Crippen MR) is 280 cm³/mol. The third-order valence-electron chi connectivity index (χ3n) is 10.7. The summed E-state index contributed by atoms with van der Waals surface area (Å²) in [5.41, 5.74) is 2.61. The molecule has 3 atom stereocenters. The number of rotatable bonds is 13. The van der Waals surface area contributed by atoms with Gasteiger partial charge in [0.2, 0.25) is 0 Å². The minimum Gasteiger partial charge on any atom is -0.378 e. The number of hydrogen-bond acceptors (Lipinski definition) is 14. The number of likely N-dealkylation sites (N-methyl/N-ethyl adjacent to an activating group) is 2. The predicted octanol–water partition coefficient (Wildman–Crippen LogP) is 7.25. The number of fused-ring (bicyclic) bond motifs is 2. The van der Waals surface area contributed by atoms with Crippen LogP contribution in [-0.2, 0) is 18.8 Å². The molecule has 5 heterocycles. The summed E-state index contributed by atoms with van der Waals surface area (Å²) in [6.07, 6.45) is 5.89. The van der Waals surface area contributed by atoms with Crippen molar-refractivity contribution in [2.45, 2.75) is 41.8 Å². The second-order valence-electron chi connectivity index (χ2n) is 16.7.